The first kappa shape index (κ1) is 23.4. The molecule has 1 aromatic heterocycles. The monoisotopic (exact) mass is 489 g/mol. The molecule has 0 aliphatic carbocycles. The molecule has 2 aromatic carbocycles. The number of nitrogens with zero attached hydrogens (tertiary/aromatic N) is 1. The number of anilines is 1. The predicted molar refractivity (Wildman–Crippen MR) is 119 cm³/mol. The van der Waals surface area contributed by atoms with Crippen LogP contribution in [0, 0.1) is 0 Å². The maximum absolute atomic E-state index is 12.7. The van der Waals surface area contributed by atoms with E-state index in [9.17, 15) is 22.8 Å². The van der Waals surface area contributed by atoms with Gasteiger partial charge in [-0.1, -0.05) is 23.9 Å². The Labute approximate surface area is 196 Å². The second-order valence-electron chi connectivity index (χ2n) is 7.14. The van der Waals surface area contributed by atoms with Crippen LogP contribution in [0.15, 0.2) is 65.8 Å². The molecule has 0 fully saturated rings. The third-order valence-electron chi connectivity index (χ3n) is 4.75. The lowest BCUT2D eigenvalue weighted by molar-refractivity contribution is -0.137. The summed E-state index contributed by atoms with van der Waals surface area (Å²) in [6, 6.07) is 12.7. The van der Waals surface area contributed by atoms with Crippen LogP contribution >= 0.6 is 11.8 Å². The Morgan fingerprint density at radius 3 is 2.56 bits per heavy atom. The fourth-order valence-corrected chi connectivity index (χ4v) is 3.86. The Morgan fingerprint density at radius 1 is 1.03 bits per heavy atom. The highest BCUT2D eigenvalue weighted by Crippen LogP contribution is 2.34. The number of halogens is 3. The average Bonchev–Trinajstić information content (AvgIpc) is 3.29. The van der Waals surface area contributed by atoms with E-state index in [4.69, 9.17) is 9.47 Å². The minimum Gasteiger partial charge on any atom is -0.454 e. The quantitative estimate of drug-likeness (QED) is 0.476. The number of hydrogen-bond acceptors (Lipinski definition) is 6. The Bertz CT molecular complexity index is 1200. The number of nitrogens with one attached hydrogen (secondary N) is 2. The van der Waals surface area contributed by atoms with Crippen molar-refractivity contribution in [2.45, 2.75) is 17.7 Å². The third-order valence-corrected chi connectivity index (χ3v) is 5.75. The van der Waals surface area contributed by atoms with Gasteiger partial charge in [0.15, 0.2) is 11.5 Å². The van der Waals surface area contributed by atoms with E-state index in [1.165, 1.54) is 18.3 Å². The van der Waals surface area contributed by atoms with Crippen molar-refractivity contribution in [2.75, 3.05) is 17.9 Å². The van der Waals surface area contributed by atoms with Gasteiger partial charge >= 0.3 is 6.18 Å². The van der Waals surface area contributed by atoms with Gasteiger partial charge in [-0.15, -0.1) is 0 Å². The minimum absolute atomic E-state index is 0.00460. The molecule has 11 heteroatoms. The summed E-state index contributed by atoms with van der Waals surface area (Å²) in [5.41, 5.74) is 0.566. The molecule has 2 N–H and O–H groups in total. The number of fused-ring (bicyclic) bond motifs is 1. The van der Waals surface area contributed by atoms with E-state index in [1.54, 1.807) is 30.3 Å². The number of pyridine rings is 1. The van der Waals surface area contributed by atoms with Crippen LogP contribution in [0.1, 0.15) is 21.5 Å². The van der Waals surface area contributed by atoms with Gasteiger partial charge in [0.05, 0.1) is 16.9 Å². The Morgan fingerprint density at radius 2 is 1.79 bits per heavy atom. The Balaban J connectivity index is 1.33. The van der Waals surface area contributed by atoms with E-state index >= 15 is 0 Å². The molecule has 0 radical (unpaired) electrons. The van der Waals surface area contributed by atoms with Crippen LogP contribution in [0.2, 0.25) is 0 Å². The van der Waals surface area contributed by atoms with Crippen molar-refractivity contribution in [1.82, 2.24) is 10.3 Å². The number of carbonyl (C=O) groups is 2. The van der Waals surface area contributed by atoms with E-state index in [0.717, 1.165) is 23.9 Å². The molecular formula is C23H18F3N3O4S. The largest absolute Gasteiger partial charge is 0.454 e. The molecule has 2 heterocycles. The van der Waals surface area contributed by atoms with Gasteiger partial charge in [0, 0.05) is 24.5 Å². The highest BCUT2D eigenvalue weighted by molar-refractivity contribution is 8.00. The van der Waals surface area contributed by atoms with Crippen molar-refractivity contribution < 1.29 is 32.2 Å². The molecule has 176 valence electrons. The number of benzene rings is 2. The van der Waals surface area contributed by atoms with Gasteiger partial charge in [-0.05, 0) is 42.0 Å². The molecular weight excluding hydrogens is 471 g/mol. The number of carbonyl (C=O) groups excluding carboxylic acids is 2. The second kappa shape index (κ2) is 10.0. The fraction of sp³-hybridized carbons (Fsp3) is 0.174. The summed E-state index contributed by atoms with van der Waals surface area (Å²) in [4.78, 5) is 29.2. The summed E-state index contributed by atoms with van der Waals surface area (Å²) >= 11 is 1.09. The number of hydrogen-bond donors (Lipinski definition) is 2. The van der Waals surface area contributed by atoms with Crippen LogP contribution in [-0.4, -0.2) is 29.3 Å². The Hall–Kier alpha value is -3.73. The minimum atomic E-state index is -4.42. The van der Waals surface area contributed by atoms with Crippen molar-refractivity contribution in [3.8, 4) is 11.5 Å². The van der Waals surface area contributed by atoms with E-state index < -0.39 is 17.6 Å². The molecule has 0 bridgehead atoms. The Kier molecular flexibility index (Phi) is 6.92. The van der Waals surface area contributed by atoms with Gasteiger partial charge < -0.3 is 20.1 Å². The van der Waals surface area contributed by atoms with Gasteiger partial charge in [-0.2, -0.15) is 13.2 Å². The molecule has 0 unspecified atom stereocenters. The summed E-state index contributed by atoms with van der Waals surface area (Å²) in [5, 5.41) is 5.77. The molecule has 0 spiro atoms. The normalized spacial score (nSPS) is 12.3. The molecule has 0 saturated heterocycles. The van der Waals surface area contributed by atoms with Gasteiger partial charge in [0.1, 0.15) is 5.03 Å². The number of thioether (sulfide) groups is 1. The molecule has 7 nitrogen and oxygen atoms in total. The second-order valence-corrected chi connectivity index (χ2v) is 8.10. The van der Waals surface area contributed by atoms with E-state index in [1.807, 2.05) is 0 Å². The van der Waals surface area contributed by atoms with Crippen LogP contribution in [0.4, 0.5) is 18.9 Å². The lowest BCUT2D eigenvalue weighted by atomic mass is 10.1. The van der Waals surface area contributed by atoms with E-state index in [2.05, 4.69) is 15.6 Å². The first-order valence-corrected chi connectivity index (χ1v) is 11.0. The number of ether oxygens (including phenoxy) is 2. The molecule has 1 aliphatic heterocycles. The smallest absolute Gasteiger partial charge is 0.416 e. The van der Waals surface area contributed by atoms with Crippen LogP contribution in [0.5, 0.6) is 11.5 Å². The number of rotatable bonds is 7. The van der Waals surface area contributed by atoms with Gasteiger partial charge in [-0.25, -0.2) is 4.98 Å². The summed E-state index contributed by atoms with van der Waals surface area (Å²) in [7, 11) is 0. The van der Waals surface area contributed by atoms with Crippen molar-refractivity contribution in [1.29, 1.82) is 0 Å². The average molecular weight is 489 g/mol. The van der Waals surface area contributed by atoms with E-state index in [0.29, 0.717) is 27.8 Å². The first-order valence-electron chi connectivity index (χ1n) is 10.0. The van der Waals surface area contributed by atoms with Crippen molar-refractivity contribution in [3.05, 3.63) is 77.5 Å². The number of amides is 2. The van der Waals surface area contributed by atoms with Gasteiger partial charge in [0.25, 0.3) is 5.91 Å². The van der Waals surface area contributed by atoms with Gasteiger partial charge in [0.2, 0.25) is 12.7 Å². The summed E-state index contributed by atoms with van der Waals surface area (Å²) in [6.07, 6.45) is -2.91. The van der Waals surface area contributed by atoms with Gasteiger partial charge in [-0.3, -0.25) is 9.59 Å². The zero-order valence-corrected chi connectivity index (χ0v) is 18.3. The SMILES string of the molecule is O=C(CSc1ncccc1C(=O)NCc1ccc(C(F)(F)F)cc1)Nc1ccc2c(c1)OCO2. The molecule has 34 heavy (non-hydrogen) atoms. The molecule has 0 atom stereocenters. The fourth-order valence-electron chi connectivity index (χ4n) is 3.07. The highest BCUT2D eigenvalue weighted by atomic mass is 32.2. The molecule has 4 rings (SSSR count). The van der Waals surface area contributed by atoms with Crippen molar-refractivity contribution in [2.24, 2.45) is 0 Å². The molecule has 2 amide bonds. The number of aromatic nitrogens is 1. The summed E-state index contributed by atoms with van der Waals surface area (Å²) in [5.74, 6) is 0.400. The van der Waals surface area contributed by atoms with Crippen molar-refractivity contribution >= 4 is 29.3 Å². The number of alkyl halides is 3. The highest BCUT2D eigenvalue weighted by Gasteiger charge is 2.29. The van der Waals surface area contributed by atoms with Crippen LogP contribution in [0.3, 0.4) is 0 Å². The first-order chi connectivity index (χ1) is 16.3. The van der Waals surface area contributed by atoms with Crippen molar-refractivity contribution in [3.63, 3.8) is 0 Å². The standard InChI is InChI=1S/C23H18F3N3O4S/c24-23(25,26)15-5-3-14(4-6-15)11-28-21(31)17-2-1-9-27-22(17)34-12-20(30)29-16-7-8-18-19(10-16)33-13-32-18/h1-10H,11-13H2,(H,28,31)(H,29,30). The third kappa shape index (κ3) is 5.79. The summed E-state index contributed by atoms with van der Waals surface area (Å²) in [6.45, 7) is 0.173. The predicted octanol–water partition coefficient (Wildman–Crippen LogP) is 4.49. The van der Waals surface area contributed by atoms with E-state index in [-0.39, 0.29) is 30.6 Å². The van der Waals surface area contributed by atoms with Crippen LogP contribution < -0.4 is 20.1 Å². The zero-order chi connectivity index (χ0) is 24.1. The maximum atomic E-state index is 12.7. The molecule has 1 aliphatic rings. The zero-order valence-electron chi connectivity index (χ0n) is 17.5. The summed E-state index contributed by atoms with van der Waals surface area (Å²) < 4.78 is 48.6. The topological polar surface area (TPSA) is 89.6 Å². The molecule has 3 aromatic rings. The molecule has 0 saturated carbocycles. The van der Waals surface area contributed by atoms with Crippen LogP contribution in [-0.2, 0) is 17.5 Å². The van der Waals surface area contributed by atoms with Crippen LogP contribution in [0.25, 0.3) is 0 Å². The lowest BCUT2D eigenvalue weighted by Crippen LogP contribution is -2.24. The lowest BCUT2D eigenvalue weighted by Gasteiger charge is -2.11. The maximum Gasteiger partial charge on any atom is 0.416 e.